The van der Waals surface area contributed by atoms with Crippen LogP contribution in [0.5, 0.6) is 0 Å². The topological polar surface area (TPSA) is 176 Å². The van der Waals surface area contributed by atoms with Crippen LogP contribution in [0, 0.1) is 5.92 Å². The van der Waals surface area contributed by atoms with Crippen molar-refractivity contribution < 1.29 is 33.8 Å². The van der Waals surface area contributed by atoms with Gasteiger partial charge in [-0.3, -0.25) is 29.0 Å². The largest absolute Gasteiger partial charge is 0.468 e. The smallest absolute Gasteiger partial charge is 0.325 e. The van der Waals surface area contributed by atoms with Gasteiger partial charge in [-0.15, -0.1) is 23.5 Å². The number of aliphatic hydroxyl groups excluding tert-OH is 1. The summed E-state index contributed by atoms with van der Waals surface area (Å²) >= 11 is 3.23. The van der Waals surface area contributed by atoms with Gasteiger partial charge in [0.2, 0.25) is 23.6 Å². The first-order valence-corrected chi connectivity index (χ1v) is 28.0. The van der Waals surface area contributed by atoms with Gasteiger partial charge in [0.15, 0.2) is 0 Å². The van der Waals surface area contributed by atoms with E-state index in [1.807, 2.05) is 115 Å². The van der Waals surface area contributed by atoms with Crippen LogP contribution < -0.4 is 21.3 Å². The van der Waals surface area contributed by atoms with Gasteiger partial charge in [0.05, 0.1) is 29.1 Å². The first-order chi connectivity index (χ1) is 37.9. The minimum absolute atomic E-state index is 0.0138. The molecule has 1 heterocycles. The summed E-state index contributed by atoms with van der Waals surface area (Å²) < 4.78 is 3.31. The molecule has 12 nitrogen and oxygen atoms in total. The summed E-state index contributed by atoms with van der Waals surface area (Å²) in [4.78, 5) is 73.7. The Morgan fingerprint density at radius 3 is 1.42 bits per heavy atom. The zero-order valence-electron chi connectivity index (χ0n) is 44.1. The molecule has 0 bridgehead atoms. The van der Waals surface area contributed by atoms with Gasteiger partial charge in [0.25, 0.3) is 0 Å². The minimum atomic E-state index is -1.29. The fourth-order valence-corrected chi connectivity index (χ4v) is 12.3. The second-order valence-corrected chi connectivity index (χ2v) is 21.5. The van der Waals surface area contributed by atoms with Crippen molar-refractivity contribution in [3.05, 3.63) is 258 Å². The molecule has 0 aliphatic rings. The Labute approximate surface area is 466 Å². The molecule has 0 fully saturated rings. The van der Waals surface area contributed by atoms with Crippen LogP contribution in [-0.2, 0) is 44.6 Å². The lowest BCUT2D eigenvalue weighted by Gasteiger charge is -2.37. The summed E-state index contributed by atoms with van der Waals surface area (Å²) in [5.74, 6) is -2.98. The van der Waals surface area contributed by atoms with Crippen molar-refractivity contribution >= 4 is 53.1 Å². The number of aliphatic hydroxyl groups is 1. The third-order valence-corrected chi connectivity index (χ3v) is 16.4. The Morgan fingerprint density at radius 1 is 0.564 bits per heavy atom. The molecule has 5 N–H and O–H groups in total. The van der Waals surface area contributed by atoms with Crippen LogP contribution in [0.3, 0.4) is 0 Å². The number of amides is 4. The Hall–Kier alpha value is -7.78. The number of pyridine rings is 1. The molecule has 4 atom stereocenters. The van der Waals surface area contributed by atoms with Crippen molar-refractivity contribution in [3.63, 3.8) is 0 Å². The summed E-state index contributed by atoms with van der Waals surface area (Å²) in [6, 6.07) is 62.5. The van der Waals surface area contributed by atoms with E-state index in [1.165, 1.54) is 18.9 Å². The number of nitrogens with one attached hydrogen (secondary N) is 4. The zero-order valence-corrected chi connectivity index (χ0v) is 45.7. The lowest BCUT2D eigenvalue weighted by atomic mass is 9.84. The molecule has 7 rings (SSSR count). The van der Waals surface area contributed by atoms with Gasteiger partial charge in [-0.2, -0.15) is 0 Å². The van der Waals surface area contributed by atoms with Crippen LogP contribution in [0.4, 0.5) is 0 Å². The second kappa shape index (κ2) is 29.1. The first kappa shape index (κ1) is 57.9. The Kier molecular flexibility index (Phi) is 21.6. The fourth-order valence-electron chi connectivity index (χ4n) is 9.31. The van der Waals surface area contributed by atoms with Gasteiger partial charge in [0.1, 0.15) is 24.7 Å². The Morgan fingerprint density at radius 2 is 1.00 bits per heavy atom. The number of methoxy groups -OCH3 is 1. The molecule has 0 saturated carbocycles. The molecule has 78 heavy (non-hydrogen) atoms. The van der Waals surface area contributed by atoms with Crippen LogP contribution in [0.15, 0.2) is 219 Å². The number of nitrogens with zero attached hydrogens (tertiary/aromatic N) is 1. The average molecular weight is 1080 g/mol. The highest BCUT2D eigenvalue weighted by atomic mass is 32.2. The molecule has 0 aliphatic heterocycles. The van der Waals surface area contributed by atoms with E-state index in [9.17, 15) is 29.1 Å². The van der Waals surface area contributed by atoms with E-state index in [1.54, 1.807) is 56.1 Å². The fraction of sp³-hybridized carbons (Fsp3) is 0.250. The van der Waals surface area contributed by atoms with Gasteiger partial charge >= 0.3 is 5.97 Å². The third-order valence-electron chi connectivity index (χ3n) is 13.2. The van der Waals surface area contributed by atoms with Crippen molar-refractivity contribution in [1.82, 2.24) is 26.3 Å². The normalized spacial score (nSPS) is 13.1. The van der Waals surface area contributed by atoms with Crippen molar-refractivity contribution in [2.24, 2.45) is 5.92 Å². The van der Waals surface area contributed by atoms with E-state index >= 15 is 0 Å². The van der Waals surface area contributed by atoms with E-state index in [4.69, 9.17) is 4.74 Å². The predicted molar refractivity (Wildman–Crippen MR) is 311 cm³/mol. The van der Waals surface area contributed by atoms with E-state index in [-0.39, 0.29) is 18.6 Å². The van der Waals surface area contributed by atoms with Gasteiger partial charge in [0, 0.05) is 24.1 Å². The summed E-state index contributed by atoms with van der Waals surface area (Å²) in [6.45, 7) is 3.10. The molecule has 4 unspecified atom stereocenters. The SMILES string of the molecule is COC(=O)CNC(=O)C(NC(=O)C(CSC(c1ccccc1)(c1ccccc1)c1ccccc1)NC(=O)C(Cc1ccccn1)NC(=O)CC(O)C=CCCSC(c1ccccc1)(c1ccccc1)c1ccccc1)C(C)C. The van der Waals surface area contributed by atoms with Crippen molar-refractivity contribution in [1.29, 1.82) is 0 Å². The minimum Gasteiger partial charge on any atom is -0.468 e. The van der Waals surface area contributed by atoms with Crippen LogP contribution in [0.25, 0.3) is 0 Å². The standard InChI is InChI=1S/C64H67N5O7S2/c1-46(2)59(62(75)66-44-58(72)76-3)69-61(74)56(45-78-64(50-32-16-7-17-33-50,51-34-18-8-19-35-51)52-36-20-9-21-37-52)68-60(73)55(42-53-38-22-24-40-65-53)67-57(71)43-54(70)39-23-25-41-77-63(47-26-10-4-11-27-47,48-28-12-5-13-29-48)49-30-14-6-15-31-49/h4-24,26-40,46,54-56,59,70H,25,41-45H2,1-3H3,(H,66,75)(H,67,71)(H,68,73)(H,69,74). The number of hydrogen-bond acceptors (Lipinski definition) is 10. The Bertz CT molecular complexity index is 2820. The van der Waals surface area contributed by atoms with E-state index < -0.39 is 75.8 Å². The van der Waals surface area contributed by atoms with Crippen molar-refractivity contribution in [2.75, 3.05) is 25.2 Å². The molecular formula is C64H67N5O7S2. The summed E-state index contributed by atoms with van der Waals surface area (Å²) in [6.07, 6.45) is 4.09. The lowest BCUT2D eigenvalue weighted by Crippen LogP contribution is -2.59. The number of carbonyl (C=O) groups excluding carboxylic acids is 5. The number of hydrogen-bond donors (Lipinski definition) is 5. The highest BCUT2D eigenvalue weighted by molar-refractivity contribution is 8.00. The second-order valence-electron chi connectivity index (χ2n) is 18.9. The molecule has 6 aromatic carbocycles. The maximum atomic E-state index is 14.9. The van der Waals surface area contributed by atoms with Gasteiger partial charge in [-0.25, -0.2) is 0 Å². The lowest BCUT2D eigenvalue weighted by molar-refractivity contribution is -0.141. The molecule has 402 valence electrons. The van der Waals surface area contributed by atoms with Gasteiger partial charge < -0.3 is 31.1 Å². The predicted octanol–water partition coefficient (Wildman–Crippen LogP) is 9.17. The molecule has 0 saturated heterocycles. The van der Waals surface area contributed by atoms with Crippen molar-refractivity contribution in [2.45, 2.75) is 66.8 Å². The molecule has 0 radical (unpaired) electrons. The van der Waals surface area contributed by atoms with E-state index in [2.05, 4.69) is 99.0 Å². The molecule has 4 amide bonds. The summed E-state index contributed by atoms with van der Waals surface area (Å²) in [5, 5.41) is 22.5. The number of thioether (sulfide) groups is 2. The number of ether oxygens (including phenoxy) is 1. The summed E-state index contributed by atoms with van der Waals surface area (Å²) in [7, 11) is 1.21. The molecule has 14 heteroatoms. The monoisotopic (exact) mass is 1080 g/mol. The molecule has 7 aromatic rings. The number of aromatic nitrogens is 1. The number of carbonyl (C=O) groups is 5. The number of rotatable bonds is 27. The van der Waals surface area contributed by atoms with Crippen LogP contribution in [0.2, 0.25) is 0 Å². The average Bonchev–Trinajstić information content (AvgIpc) is 3.50. The molecule has 1 aromatic heterocycles. The third kappa shape index (κ3) is 15.2. The highest BCUT2D eigenvalue weighted by Crippen LogP contribution is 2.50. The highest BCUT2D eigenvalue weighted by Gasteiger charge is 2.40. The van der Waals surface area contributed by atoms with Gasteiger partial charge in [-0.05, 0) is 63.6 Å². The first-order valence-electron chi connectivity index (χ1n) is 26.0. The number of allylic oxidation sites excluding steroid dienone is 1. The molecule has 0 spiro atoms. The number of esters is 1. The quantitative estimate of drug-likeness (QED) is 0.0145. The maximum absolute atomic E-state index is 14.9. The summed E-state index contributed by atoms with van der Waals surface area (Å²) in [5.41, 5.74) is 6.69. The van der Waals surface area contributed by atoms with E-state index in [0.717, 1.165) is 33.4 Å². The van der Waals surface area contributed by atoms with Gasteiger partial charge in [-0.1, -0.05) is 214 Å². The zero-order chi connectivity index (χ0) is 55.2. The molecular weight excluding hydrogens is 1010 g/mol. The molecule has 0 aliphatic carbocycles. The van der Waals surface area contributed by atoms with Crippen LogP contribution in [0.1, 0.15) is 65.8 Å². The van der Waals surface area contributed by atoms with Crippen molar-refractivity contribution in [3.8, 4) is 0 Å². The van der Waals surface area contributed by atoms with Crippen LogP contribution >= 0.6 is 23.5 Å². The Balaban J connectivity index is 1.12. The van der Waals surface area contributed by atoms with E-state index in [0.29, 0.717) is 17.9 Å². The maximum Gasteiger partial charge on any atom is 0.325 e. The number of benzene rings is 6. The van der Waals surface area contributed by atoms with Crippen LogP contribution in [-0.4, -0.2) is 89.1 Å².